The third kappa shape index (κ3) is 6.90. The third-order valence-corrected chi connectivity index (χ3v) is 3.56. The normalized spacial score (nSPS) is 12.9. The van der Waals surface area contributed by atoms with Crippen LogP contribution in [0.5, 0.6) is 0 Å². The first-order chi connectivity index (χ1) is 7.82. The molecule has 0 fully saturated rings. The van der Waals surface area contributed by atoms with Crippen molar-refractivity contribution in [3.05, 3.63) is 0 Å². The molecule has 0 aromatic heterocycles. The van der Waals surface area contributed by atoms with Crippen LogP contribution < -0.4 is 10.0 Å². The molecule has 17 heavy (non-hydrogen) atoms. The van der Waals surface area contributed by atoms with E-state index in [1.165, 1.54) is 21.1 Å². The molecule has 0 bridgehead atoms. The van der Waals surface area contributed by atoms with Crippen molar-refractivity contribution in [2.45, 2.75) is 25.8 Å². The standard InChI is InChI=1S/C9H18N2O5S/c1-7(9(13)10-2)11-17(14,15)6-4-5-8(12)16-3/h7,11H,4-6H2,1-3H3,(H,10,13). The molecule has 0 heterocycles. The lowest BCUT2D eigenvalue weighted by molar-refractivity contribution is -0.140. The van der Waals surface area contributed by atoms with Crippen molar-refractivity contribution in [2.24, 2.45) is 0 Å². The molecule has 8 heteroatoms. The molecule has 0 spiro atoms. The van der Waals surface area contributed by atoms with E-state index in [1.54, 1.807) is 0 Å². The molecular formula is C9H18N2O5S. The van der Waals surface area contributed by atoms with E-state index in [0.29, 0.717) is 0 Å². The molecule has 0 aliphatic rings. The van der Waals surface area contributed by atoms with Gasteiger partial charge in [0.1, 0.15) is 0 Å². The Balaban J connectivity index is 4.13. The van der Waals surface area contributed by atoms with E-state index in [9.17, 15) is 18.0 Å². The molecule has 0 aliphatic heterocycles. The SMILES string of the molecule is CNC(=O)C(C)NS(=O)(=O)CCCC(=O)OC. The molecule has 0 aromatic carbocycles. The first-order valence-corrected chi connectivity index (χ1v) is 6.76. The van der Waals surface area contributed by atoms with Gasteiger partial charge in [0, 0.05) is 13.5 Å². The molecule has 0 rings (SSSR count). The number of hydrogen-bond acceptors (Lipinski definition) is 5. The number of rotatable bonds is 7. The van der Waals surface area contributed by atoms with Crippen molar-refractivity contribution in [1.29, 1.82) is 0 Å². The summed E-state index contributed by atoms with van der Waals surface area (Å²) < 4.78 is 29.6. The van der Waals surface area contributed by atoms with Gasteiger partial charge in [0.2, 0.25) is 15.9 Å². The topological polar surface area (TPSA) is 102 Å². The molecule has 0 radical (unpaired) electrons. The number of carbonyl (C=O) groups excluding carboxylic acids is 2. The lowest BCUT2D eigenvalue weighted by Crippen LogP contribution is -2.44. The monoisotopic (exact) mass is 266 g/mol. The Morgan fingerprint density at radius 1 is 1.35 bits per heavy atom. The van der Waals surface area contributed by atoms with Crippen molar-refractivity contribution in [3.8, 4) is 0 Å². The molecule has 1 amide bonds. The summed E-state index contributed by atoms with van der Waals surface area (Å²) in [5, 5.41) is 2.33. The quantitative estimate of drug-likeness (QED) is 0.575. The van der Waals surface area contributed by atoms with Gasteiger partial charge in [-0.3, -0.25) is 9.59 Å². The van der Waals surface area contributed by atoms with Gasteiger partial charge >= 0.3 is 5.97 Å². The van der Waals surface area contributed by atoms with Crippen LogP contribution in [0.25, 0.3) is 0 Å². The van der Waals surface area contributed by atoms with E-state index in [4.69, 9.17) is 0 Å². The lowest BCUT2D eigenvalue weighted by atomic mass is 10.3. The maximum absolute atomic E-state index is 11.5. The van der Waals surface area contributed by atoms with E-state index < -0.39 is 27.9 Å². The Hall–Kier alpha value is -1.15. The third-order valence-electron chi connectivity index (χ3n) is 2.02. The summed E-state index contributed by atoms with van der Waals surface area (Å²) in [5.41, 5.74) is 0. The summed E-state index contributed by atoms with van der Waals surface area (Å²) >= 11 is 0. The van der Waals surface area contributed by atoms with E-state index in [1.807, 2.05) is 0 Å². The van der Waals surface area contributed by atoms with E-state index >= 15 is 0 Å². The van der Waals surface area contributed by atoms with Crippen molar-refractivity contribution >= 4 is 21.9 Å². The molecule has 1 unspecified atom stereocenters. The lowest BCUT2D eigenvalue weighted by Gasteiger charge is -2.12. The molecule has 0 aromatic rings. The van der Waals surface area contributed by atoms with E-state index in [-0.39, 0.29) is 18.6 Å². The second-order valence-corrected chi connectivity index (χ2v) is 5.33. The predicted molar refractivity (Wildman–Crippen MR) is 61.7 cm³/mol. The van der Waals surface area contributed by atoms with Gasteiger partial charge in [-0.15, -0.1) is 0 Å². The smallest absolute Gasteiger partial charge is 0.305 e. The van der Waals surface area contributed by atoms with Crippen LogP contribution >= 0.6 is 0 Å². The predicted octanol–water partition coefficient (Wildman–Crippen LogP) is -1.01. The summed E-state index contributed by atoms with van der Waals surface area (Å²) in [7, 11) is -0.899. The van der Waals surface area contributed by atoms with Crippen LogP contribution in [-0.2, 0) is 24.3 Å². The van der Waals surface area contributed by atoms with E-state index in [2.05, 4.69) is 14.8 Å². The van der Waals surface area contributed by atoms with Crippen LogP contribution in [0, 0.1) is 0 Å². The second-order valence-electron chi connectivity index (χ2n) is 3.45. The summed E-state index contributed by atoms with van der Waals surface area (Å²) in [5.74, 6) is -1.09. The minimum atomic E-state index is -3.56. The largest absolute Gasteiger partial charge is 0.469 e. The zero-order valence-corrected chi connectivity index (χ0v) is 11.0. The number of ether oxygens (including phenoxy) is 1. The van der Waals surface area contributed by atoms with Crippen molar-refractivity contribution in [3.63, 3.8) is 0 Å². The highest BCUT2D eigenvalue weighted by molar-refractivity contribution is 7.89. The molecular weight excluding hydrogens is 248 g/mol. The zero-order chi connectivity index (χ0) is 13.5. The maximum Gasteiger partial charge on any atom is 0.305 e. The average molecular weight is 266 g/mol. The Morgan fingerprint density at radius 3 is 2.41 bits per heavy atom. The first-order valence-electron chi connectivity index (χ1n) is 5.11. The number of esters is 1. The Kier molecular flexibility index (Phi) is 6.74. The minimum Gasteiger partial charge on any atom is -0.469 e. The number of likely N-dealkylation sites (N-methyl/N-ethyl adjacent to an activating group) is 1. The van der Waals surface area contributed by atoms with Crippen LogP contribution in [-0.4, -0.2) is 46.2 Å². The van der Waals surface area contributed by atoms with Crippen LogP contribution in [0.3, 0.4) is 0 Å². The molecule has 0 saturated carbocycles. The van der Waals surface area contributed by atoms with Gasteiger partial charge in [-0.1, -0.05) is 0 Å². The summed E-state index contributed by atoms with van der Waals surface area (Å²) in [6.07, 6.45) is 0.189. The van der Waals surface area contributed by atoms with Crippen LogP contribution in [0.1, 0.15) is 19.8 Å². The van der Waals surface area contributed by atoms with Gasteiger partial charge in [-0.05, 0) is 13.3 Å². The fraction of sp³-hybridized carbons (Fsp3) is 0.778. The Morgan fingerprint density at radius 2 is 1.94 bits per heavy atom. The number of hydrogen-bond donors (Lipinski definition) is 2. The second kappa shape index (κ2) is 7.23. The van der Waals surface area contributed by atoms with Crippen molar-refractivity contribution in [2.75, 3.05) is 19.9 Å². The van der Waals surface area contributed by atoms with Crippen LogP contribution in [0.15, 0.2) is 0 Å². The zero-order valence-electron chi connectivity index (χ0n) is 10.1. The van der Waals surface area contributed by atoms with Gasteiger partial charge in [-0.25, -0.2) is 13.1 Å². The summed E-state index contributed by atoms with van der Waals surface area (Å²) in [4.78, 5) is 21.9. The summed E-state index contributed by atoms with van der Waals surface area (Å²) in [6, 6.07) is -0.830. The number of sulfonamides is 1. The number of amides is 1. The first kappa shape index (κ1) is 15.9. The van der Waals surface area contributed by atoms with Gasteiger partial charge in [0.25, 0.3) is 0 Å². The van der Waals surface area contributed by atoms with Gasteiger partial charge in [0.15, 0.2) is 0 Å². The van der Waals surface area contributed by atoms with Crippen LogP contribution in [0.4, 0.5) is 0 Å². The highest BCUT2D eigenvalue weighted by Gasteiger charge is 2.19. The molecule has 100 valence electrons. The maximum atomic E-state index is 11.5. The Bertz CT molecular complexity index is 366. The number of nitrogens with one attached hydrogen (secondary N) is 2. The number of carbonyl (C=O) groups is 2. The van der Waals surface area contributed by atoms with Gasteiger partial charge in [-0.2, -0.15) is 0 Å². The van der Waals surface area contributed by atoms with Gasteiger partial charge in [0.05, 0.1) is 18.9 Å². The molecule has 7 nitrogen and oxygen atoms in total. The van der Waals surface area contributed by atoms with Gasteiger partial charge < -0.3 is 10.1 Å². The highest BCUT2D eigenvalue weighted by atomic mass is 32.2. The molecule has 1 atom stereocenters. The summed E-state index contributed by atoms with van der Waals surface area (Å²) in [6.45, 7) is 1.44. The molecule has 0 aliphatic carbocycles. The average Bonchev–Trinajstić information content (AvgIpc) is 2.26. The molecule has 0 saturated heterocycles. The van der Waals surface area contributed by atoms with E-state index in [0.717, 1.165) is 0 Å². The molecule has 2 N–H and O–H groups in total. The fourth-order valence-corrected chi connectivity index (χ4v) is 2.39. The van der Waals surface area contributed by atoms with Crippen molar-refractivity contribution in [1.82, 2.24) is 10.0 Å². The highest BCUT2D eigenvalue weighted by Crippen LogP contribution is 1.98. The fourth-order valence-electron chi connectivity index (χ4n) is 1.11. The Labute approximate surface area is 101 Å². The van der Waals surface area contributed by atoms with Crippen molar-refractivity contribution < 1.29 is 22.7 Å². The minimum absolute atomic E-state index is 0.0335. The number of methoxy groups -OCH3 is 1. The van der Waals surface area contributed by atoms with Crippen LogP contribution in [0.2, 0.25) is 0 Å².